The quantitative estimate of drug-likeness (QED) is 0.863. The van der Waals surface area contributed by atoms with Crippen molar-refractivity contribution in [3.8, 4) is 0 Å². The van der Waals surface area contributed by atoms with E-state index in [-0.39, 0.29) is 12.5 Å². The van der Waals surface area contributed by atoms with Crippen molar-refractivity contribution in [2.45, 2.75) is 50.7 Å². The fourth-order valence-electron chi connectivity index (χ4n) is 3.76. The molecule has 1 amide bonds. The van der Waals surface area contributed by atoms with E-state index in [1.54, 1.807) is 11.0 Å². The van der Waals surface area contributed by atoms with Gasteiger partial charge in [0.05, 0.1) is 16.2 Å². The van der Waals surface area contributed by atoms with Crippen molar-refractivity contribution in [2.75, 3.05) is 31.1 Å². The first-order valence-electron chi connectivity index (χ1n) is 9.19. The number of carbonyl (C=O) groups is 1. The zero-order valence-electron chi connectivity index (χ0n) is 14.7. The first kappa shape index (κ1) is 18.5. The van der Waals surface area contributed by atoms with Crippen molar-refractivity contribution < 1.29 is 15.0 Å². The van der Waals surface area contributed by atoms with Gasteiger partial charge in [-0.3, -0.25) is 4.79 Å². The van der Waals surface area contributed by atoms with E-state index >= 15 is 0 Å². The summed E-state index contributed by atoms with van der Waals surface area (Å²) < 4.78 is 0. The van der Waals surface area contributed by atoms with E-state index in [9.17, 15) is 15.0 Å². The van der Waals surface area contributed by atoms with Crippen LogP contribution in [0.25, 0.3) is 0 Å². The second kappa shape index (κ2) is 7.52. The lowest BCUT2D eigenvalue weighted by atomic mass is 9.86. The molecule has 1 aromatic carbocycles. The molecule has 0 bridgehead atoms. The summed E-state index contributed by atoms with van der Waals surface area (Å²) in [6, 6.07) is 5.61. The van der Waals surface area contributed by atoms with Gasteiger partial charge in [0.15, 0.2) is 0 Å². The van der Waals surface area contributed by atoms with Crippen LogP contribution in [0.2, 0.25) is 5.02 Å². The highest BCUT2D eigenvalue weighted by molar-refractivity contribution is 6.34. The van der Waals surface area contributed by atoms with E-state index in [0.717, 1.165) is 18.8 Å². The Balaban J connectivity index is 1.78. The zero-order chi connectivity index (χ0) is 18.0. The van der Waals surface area contributed by atoms with Gasteiger partial charge in [0.2, 0.25) is 0 Å². The number of benzene rings is 1. The van der Waals surface area contributed by atoms with Gasteiger partial charge in [-0.05, 0) is 50.3 Å². The van der Waals surface area contributed by atoms with E-state index in [4.69, 9.17) is 11.6 Å². The van der Waals surface area contributed by atoms with Gasteiger partial charge >= 0.3 is 0 Å². The van der Waals surface area contributed by atoms with Crippen molar-refractivity contribution in [2.24, 2.45) is 0 Å². The number of carbonyl (C=O) groups excluding carboxylic acids is 1. The van der Waals surface area contributed by atoms with Gasteiger partial charge in [-0.15, -0.1) is 0 Å². The Hall–Kier alpha value is -1.30. The fraction of sp³-hybridized carbons (Fsp3) is 0.632. The molecule has 6 heteroatoms. The number of hydrogen-bond donors (Lipinski definition) is 2. The summed E-state index contributed by atoms with van der Waals surface area (Å²) in [5.74, 6) is -0.180. The maximum atomic E-state index is 12.9. The molecule has 5 nitrogen and oxygen atoms in total. The molecule has 0 saturated carbocycles. The lowest BCUT2D eigenvalue weighted by molar-refractivity contribution is -0.114. The molecule has 3 rings (SSSR count). The number of likely N-dealkylation sites (tertiary alicyclic amines) is 1. The highest BCUT2D eigenvalue weighted by atomic mass is 35.5. The van der Waals surface area contributed by atoms with Crippen molar-refractivity contribution in [3.05, 3.63) is 28.8 Å². The van der Waals surface area contributed by atoms with Gasteiger partial charge in [-0.25, -0.2) is 0 Å². The van der Waals surface area contributed by atoms with E-state index in [1.165, 1.54) is 19.3 Å². The average Bonchev–Trinajstić information content (AvgIpc) is 2.64. The molecule has 138 valence electrons. The Morgan fingerprint density at radius 1 is 1.28 bits per heavy atom. The Morgan fingerprint density at radius 3 is 2.64 bits per heavy atom. The number of anilines is 1. The molecule has 0 unspecified atom stereocenters. The molecule has 25 heavy (non-hydrogen) atoms. The van der Waals surface area contributed by atoms with Gasteiger partial charge in [0.1, 0.15) is 6.10 Å². The molecular formula is C19H27ClN2O3. The molecule has 0 aliphatic carbocycles. The Morgan fingerprint density at radius 2 is 2.00 bits per heavy atom. The molecule has 2 N–H and O–H groups in total. The lowest BCUT2D eigenvalue weighted by Gasteiger charge is -2.41. The minimum atomic E-state index is -1.10. The number of amides is 1. The summed E-state index contributed by atoms with van der Waals surface area (Å²) in [5.41, 5.74) is 0.393. The first-order chi connectivity index (χ1) is 11.9. The predicted octanol–water partition coefficient (Wildman–Crippen LogP) is 2.68. The number of halogens is 1. The van der Waals surface area contributed by atoms with E-state index in [0.29, 0.717) is 30.0 Å². The first-order valence-corrected chi connectivity index (χ1v) is 9.56. The number of hydrogen-bond acceptors (Lipinski definition) is 4. The minimum Gasteiger partial charge on any atom is -0.388 e. The van der Waals surface area contributed by atoms with Crippen LogP contribution in [0.3, 0.4) is 0 Å². The summed E-state index contributed by atoms with van der Waals surface area (Å²) in [5, 5.41) is 21.0. The maximum absolute atomic E-state index is 12.9. The van der Waals surface area contributed by atoms with Gasteiger partial charge in [0, 0.05) is 31.9 Å². The normalized spacial score (nSPS) is 27.4. The van der Waals surface area contributed by atoms with Crippen LogP contribution < -0.4 is 4.90 Å². The van der Waals surface area contributed by atoms with Crippen molar-refractivity contribution in [3.63, 3.8) is 0 Å². The number of rotatable bonds is 3. The third kappa shape index (κ3) is 3.78. The van der Waals surface area contributed by atoms with Gasteiger partial charge in [0.25, 0.3) is 5.91 Å². The maximum Gasteiger partial charge on any atom is 0.255 e. The SMILES string of the molecule is CC[C@@]1(O)CCN(C(=O)c2cc(N3CCCCC3)ccc2Cl)C[C@H]1O. The van der Waals surface area contributed by atoms with Crippen LogP contribution in [0.1, 0.15) is 49.4 Å². The predicted molar refractivity (Wildman–Crippen MR) is 99.3 cm³/mol. The summed E-state index contributed by atoms with van der Waals surface area (Å²) in [6.45, 7) is 4.40. The largest absolute Gasteiger partial charge is 0.388 e. The number of nitrogens with zero attached hydrogens (tertiary/aromatic N) is 2. The van der Waals surface area contributed by atoms with Crippen molar-refractivity contribution in [1.82, 2.24) is 4.90 Å². The van der Waals surface area contributed by atoms with Crippen molar-refractivity contribution >= 4 is 23.2 Å². The van der Waals surface area contributed by atoms with Crippen LogP contribution in [0.15, 0.2) is 18.2 Å². The van der Waals surface area contributed by atoms with Crippen LogP contribution in [-0.2, 0) is 0 Å². The summed E-state index contributed by atoms with van der Waals surface area (Å²) >= 11 is 6.29. The van der Waals surface area contributed by atoms with Crippen LogP contribution in [-0.4, -0.2) is 58.9 Å². The molecule has 0 radical (unpaired) electrons. The van der Waals surface area contributed by atoms with Crippen LogP contribution in [0.4, 0.5) is 5.69 Å². The second-order valence-electron chi connectivity index (χ2n) is 7.19. The van der Waals surface area contributed by atoms with Crippen molar-refractivity contribution in [1.29, 1.82) is 0 Å². The third-order valence-corrected chi connectivity index (χ3v) is 5.96. The molecule has 0 aromatic heterocycles. The molecule has 2 heterocycles. The molecule has 2 saturated heterocycles. The molecule has 2 atom stereocenters. The Bertz CT molecular complexity index is 633. The Kier molecular flexibility index (Phi) is 5.56. The lowest BCUT2D eigenvalue weighted by Crippen LogP contribution is -2.56. The minimum absolute atomic E-state index is 0.132. The molecular weight excluding hydrogens is 340 g/mol. The van der Waals surface area contributed by atoms with E-state index in [2.05, 4.69) is 4.90 Å². The summed E-state index contributed by atoms with van der Waals surface area (Å²) in [6.07, 6.45) is 3.50. The monoisotopic (exact) mass is 366 g/mol. The topological polar surface area (TPSA) is 64.0 Å². The summed E-state index contributed by atoms with van der Waals surface area (Å²) in [7, 11) is 0. The number of aliphatic hydroxyl groups excluding tert-OH is 1. The molecule has 2 fully saturated rings. The Labute approximate surface area is 154 Å². The number of piperidine rings is 2. The second-order valence-corrected chi connectivity index (χ2v) is 7.59. The highest BCUT2D eigenvalue weighted by Crippen LogP contribution is 2.30. The molecule has 1 aromatic rings. The van der Waals surface area contributed by atoms with E-state index in [1.807, 2.05) is 19.1 Å². The van der Waals surface area contributed by atoms with Crippen LogP contribution >= 0.6 is 11.6 Å². The van der Waals surface area contributed by atoms with Crippen LogP contribution in [0.5, 0.6) is 0 Å². The average molecular weight is 367 g/mol. The van der Waals surface area contributed by atoms with Crippen LogP contribution in [0, 0.1) is 0 Å². The zero-order valence-corrected chi connectivity index (χ0v) is 15.5. The smallest absolute Gasteiger partial charge is 0.255 e. The van der Waals surface area contributed by atoms with Gasteiger partial charge < -0.3 is 20.0 Å². The fourth-order valence-corrected chi connectivity index (χ4v) is 3.96. The number of aliphatic hydroxyl groups is 2. The number of β-amino-alcohol motifs (C(OH)–C–C–N with tert-alkyl or cyclic N) is 1. The summed E-state index contributed by atoms with van der Waals surface area (Å²) in [4.78, 5) is 16.8. The van der Waals surface area contributed by atoms with E-state index < -0.39 is 11.7 Å². The molecule has 0 spiro atoms. The third-order valence-electron chi connectivity index (χ3n) is 5.63. The molecule has 2 aliphatic heterocycles. The standard InChI is InChI=1S/C19H27ClN2O3/c1-2-19(25)8-11-22(13-17(19)23)18(24)15-12-14(6-7-16(15)20)21-9-4-3-5-10-21/h6-7,12,17,23,25H,2-5,8-11,13H2,1H3/t17-,19-/m1/s1. The van der Waals surface area contributed by atoms with Gasteiger partial charge in [-0.1, -0.05) is 18.5 Å². The van der Waals surface area contributed by atoms with Gasteiger partial charge in [-0.2, -0.15) is 0 Å². The highest BCUT2D eigenvalue weighted by Gasteiger charge is 2.40. The molecule has 2 aliphatic rings.